The summed E-state index contributed by atoms with van der Waals surface area (Å²) in [5, 5.41) is 15.8. The Morgan fingerprint density at radius 2 is 1.11 bits per heavy atom. The molecule has 15 nitrogen and oxygen atoms in total. The molecule has 0 fully saturated rings. The third-order valence-electron chi connectivity index (χ3n) is 4.73. The molecule has 12 N–H and O–H groups in total. The van der Waals surface area contributed by atoms with Crippen LogP contribution in [0.3, 0.4) is 0 Å². The normalized spacial score (nSPS) is 13.8. The summed E-state index contributed by atoms with van der Waals surface area (Å²) in [6, 6.07) is 2.32. The van der Waals surface area contributed by atoms with E-state index in [4.69, 9.17) is 22.9 Å². The number of carboxylic acid groups (broad SMARTS) is 1. The number of primary amides is 3. The van der Waals surface area contributed by atoms with Crippen LogP contribution in [0.4, 0.5) is 0 Å². The molecule has 0 aliphatic heterocycles. The van der Waals surface area contributed by atoms with Gasteiger partial charge in [0.2, 0.25) is 35.4 Å². The number of carbonyl (C=O) groups is 7. The largest absolute Gasteiger partial charge is 0.480 e. The summed E-state index contributed by atoms with van der Waals surface area (Å²) < 4.78 is 0. The van der Waals surface area contributed by atoms with E-state index in [1.165, 1.54) is 0 Å². The van der Waals surface area contributed by atoms with Crippen molar-refractivity contribution in [1.82, 2.24) is 16.0 Å². The Labute approximate surface area is 205 Å². The van der Waals surface area contributed by atoms with Crippen LogP contribution in [0.1, 0.15) is 24.8 Å². The van der Waals surface area contributed by atoms with Gasteiger partial charge in [-0.2, -0.15) is 0 Å². The molecule has 0 aromatic heterocycles. The lowest BCUT2D eigenvalue weighted by atomic mass is 10.0. The summed E-state index contributed by atoms with van der Waals surface area (Å²) in [6.07, 6.45) is -2.04. The van der Waals surface area contributed by atoms with Gasteiger partial charge < -0.3 is 44.0 Å². The van der Waals surface area contributed by atoms with Crippen LogP contribution in [0.2, 0.25) is 0 Å². The lowest BCUT2D eigenvalue weighted by molar-refractivity contribution is -0.144. The number of hydrogen-bond donors (Lipinski definition) is 8. The minimum Gasteiger partial charge on any atom is -0.480 e. The third-order valence-corrected chi connectivity index (χ3v) is 4.73. The van der Waals surface area contributed by atoms with Gasteiger partial charge in [-0.1, -0.05) is 30.3 Å². The van der Waals surface area contributed by atoms with Crippen molar-refractivity contribution in [3.8, 4) is 0 Å². The van der Waals surface area contributed by atoms with Crippen molar-refractivity contribution in [3.63, 3.8) is 0 Å². The fraction of sp³-hybridized carbons (Fsp3) is 0.381. The molecule has 0 saturated carbocycles. The van der Waals surface area contributed by atoms with E-state index in [0.717, 1.165) is 0 Å². The second-order valence-electron chi connectivity index (χ2n) is 7.83. The first-order chi connectivity index (χ1) is 16.8. The maximum Gasteiger partial charge on any atom is 0.326 e. The summed E-state index contributed by atoms with van der Waals surface area (Å²) in [7, 11) is 0. The summed E-state index contributed by atoms with van der Waals surface area (Å²) >= 11 is 0. The molecule has 0 spiro atoms. The van der Waals surface area contributed by atoms with Crippen LogP contribution >= 0.6 is 0 Å². The first-order valence-corrected chi connectivity index (χ1v) is 10.6. The molecule has 36 heavy (non-hydrogen) atoms. The van der Waals surface area contributed by atoms with Crippen LogP contribution in [0.5, 0.6) is 0 Å². The minimum absolute atomic E-state index is 0.0773. The highest BCUT2D eigenvalue weighted by molar-refractivity contribution is 5.97. The predicted molar refractivity (Wildman–Crippen MR) is 123 cm³/mol. The monoisotopic (exact) mass is 507 g/mol. The quantitative estimate of drug-likeness (QED) is 0.114. The number of carbonyl (C=O) groups excluding carboxylic acids is 6. The highest BCUT2D eigenvalue weighted by Gasteiger charge is 2.32. The van der Waals surface area contributed by atoms with E-state index < -0.39 is 84.8 Å². The Kier molecular flexibility index (Phi) is 11.5. The second-order valence-corrected chi connectivity index (χ2v) is 7.83. The topological polar surface area (TPSA) is 280 Å². The smallest absolute Gasteiger partial charge is 0.326 e. The van der Waals surface area contributed by atoms with E-state index in [-0.39, 0.29) is 6.42 Å². The maximum atomic E-state index is 13.0. The lowest BCUT2D eigenvalue weighted by Gasteiger charge is -2.24. The zero-order valence-corrected chi connectivity index (χ0v) is 19.1. The SMILES string of the molecule is NC(=O)CC(N)C(=O)NC(Cc1ccccc1)C(=O)NC(CC(N)=O)C(=O)NC(CC(N)=O)C(=O)O. The number of aliphatic carboxylic acids is 1. The molecule has 6 amide bonds. The number of hydrogen-bond acceptors (Lipinski definition) is 8. The second kappa shape index (κ2) is 14.0. The van der Waals surface area contributed by atoms with Crippen molar-refractivity contribution in [2.45, 2.75) is 49.9 Å². The van der Waals surface area contributed by atoms with Gasteiger partial charge in [0.05, 0.1) is 25.3 Å². The Bertz CT molecular complexity index is 1000. The van der Waals surface area contributed by atoms with E-state index in [9.17, 15) is 38.7 Å². The molecule has 1 rings (SSSR count). The van der Waals surface area contributed by atoms with Gasteiger partial charge in [0.25, 0.3) is 0 Å². The van der Waals surface area contributed by atoms with Gasteiger partial charge >= 0.3 is 5.97 Å². The van der Waals surface area contributed by atoms with E-state index in [2.05, 4.69) is 10.6 Å². The molecule has 0 aliphatic rings. The number of nitrogens with one attached hydrogen (secondary N) is 3. The fourth-order valence-corrected chi connectivity index (χ4v) is 3.00. The Hall–Kier alpha value is -4.53. The van der Waals surface area contributed by atoms with Crippen LogP contribution < -0.4 is 38.9 Å². The highest BCUT2D eigenvalue weighted by atomic mass is 16.4. The van der Waals surface area contributed by atoms with Gasteiger partial charge in [-0.15, -0.1) is 0 Å². The molecule has 1 aromatic carbocycles. The first-order valence-electron chi connectivity index (χ1n) is 10.6. The summed E-state index contributed by atoms with van der Waals surface area (Å²) in [4.78, 5) is 83.1. The standard InChI is InChI=1S/C21H29N7O8/c22-11(7-15(23)29)18(32)26-12(6-10-4-2-1-3-5-10)19(33)27-13(8-16(24)30)20(34)28-14(21(35)36)9-17(25)31/h1-5,11-14H,6-9,22H2,(H2,23,29)(H2,24,30)(H2,25,31)(H,26,32)(H,27,33)(H,28,34)(H,35,36). The molecule has 0 bridgehead atoms. The van der Waals surface area contributed by atoms with Crippen molar-refractivity contribution in [2.24, 2.45) is 22.9 Å². The Morgan fingerprint density at radius 1 is 0.667 bits per heavy atom. The molecule has 0 saturated heterocycles. The van der Waals surface area contributed by atoms with Gasteiger partial charge in [0, 0.05) is 6.42 Å². The summed E-state index contributed by atoms with van der Waals surface area (Å²) in [5.74, 6) is -7.41. The van der Waals surface area contributed by atoms with Gasteiger partial charge in [-0.25, -0.2) is 4.79 Å². The number of nitrogens with two attached hydrogens (primary N) is 4. The average molecular weight is 508 g/mol. The average Bonchev–Trinajstić information content (AvgIpc) is 2.77. The lowest BCUT2D eigenvalue weighted by Crippen LogP contribution is -2.58. The fourth-order valence-electron chi connectivity index (χ4n) is 3.00. The van der Waals surface area contributed by atoms with E-state index in [1.807, 2.05) is 5.32 Å². The van der Waals surface area contributed by atoms with Crippen LogP contribution in [0.15, 0.2) is 30.3 Å². The van der Waals surface area contributed by atoms with Gasteiger partial charge in [-0.05, 0) is 5.56 Å². The van der Waals surface area contributed by atoms with Crippen molar-refractivity contribution in [1.29, 1.82) is 0 Å². The summed E-state index contributed by atoms with van der Waals surface area (Å²) in [6.45, 7) is 0. The van der Waals surface area contributed by atoms with Crippen molar-refractivity contribution in [2.75, 3.05) is 0 Å². The molecule has 1 aromatic rings. The van der Waals surface area contributed by atoms with Crippen molar-refractivity contribution in [3.05, 3.63) is 35.9 Å². The number of amides is 6. The minimum atomic E-state index is -1.73. The van der Waals surface area contributed by atoms with Gasteiger partial charge in [0.1, 0.15) is 18.1 Å². The maximum absolute atomic E-state index is 13.0. The van der Waals surface area contributed by atoms with Gasteiger partial charge in [-0.3, -0.25) is 28.8 Å². The van der Waals surface area contributed by atoms with Crippen LogP contribution in [0, 0.1) is 0 Å². The van der Waals surface area contributed by atoms with E-state index in [1.54, 1.807) is 30.3 Å². The third kappa shape index (κ3) is 10.6. The van der Waals surface area contributed by atoms with Crippen molar-refractivity contribution < 1.29 is 38.7 Å². The van der Waals surface area contributed by atoms with Crippen LogP contribution in [0.25, 0.3) is 0 Å². The highest BCUT2D eigenvalue weighted by Crippen LogP contribution is 2.06. The molecular weight excluding hydrogens is 478 g/mol. The predicted octanol–water partition coefficient (Wildman–Crippen LogP) is -4.28. The van der Waals surface area contributed by atoms with E-state index >= 15 is 0 Å². The number of carboxylic acids is 1. The Balaban J connectivity index is 3.13. The molecule has 196 valence electrons. The molecule has 0 heterocycles. The van der Waals surface area contributed by atoms with E-state index in [0.29, 0.717) is 5.56 Å². The number of rotatable bonds is 15. The van der Waals surface area contributed by atoms with Crippen molar-refractivity contribution >= 4 is 41.4 Å². The molecule has 15 heteroatoms. The van der Waals surface area contributed by atoms with Crippen LogP contribution in [-0.2, 0) is 40.0 Å². The van der Waals surface area contributed by atoms with Gasteiger partial charge in [0.15, 0.2) is 0 Å². The molecule has 0 radical (unpaired) electrons. The summed E-state index contributed by atoms with van der Waals surface area (Å²) in [5.41, 5.74) is 21.4. The number of benzene rings is 1. The first kappa shape index (κ1) is 29.5. The Morgan fingerprint density at radius 3 is 1.61 bits per heavy atom. The molecule has 4 unspecified atom stereocenters. The van der Waals surface area contributed by atoms with Crippen LogP contribution in [-0.4, -0.2) is 70.7 Å². The zero-order chi connectivity index (χ0) is 27.4. The molecule has 4 atom stereocenters. The zero-order valence-electron chi connectivity index (χ0n) is 19.1. The molecular formula is C21H29N7O8. The molecule has 0 aliphatic carbocycles.